The number of aliphatic hydroxyl groups is 1. The van der Waals surface area contributed by atoms with Crippen LogP contribution in [0.4, 0.5) is 20.2 Å². The number of piperidine rings is 1. The average molecular weight is 617 g/mol. The molecule has 2 fully saturated rings. The van der Waals surface area contributed by atoms with Gasteiger partial charge in [-0.25, -0.2) is 8.78 Å². The fourth-order valence-electron chi connectivity index (χ4n) is 5.12. The quantitative estimate of drug-likeness (QED) is 0.171. The van der Waals surface area contributed by atoms with Crippen molar-refractivity contribution in [2.75, 3.05) is 36.9 Å². The number of carbonyl (C=O) groups is 2. The van der Waals surface area contributed by atoms with Gasteiger partial charge in [0.1, 0.15) is 17.0 Å². The molecular weight excluding hydrogens is 586 g/mol. The molecule has 1 aliphatic heterocycles. The van der Waals surface area contributed by atoms with Crippen LogP contribution < -0.4 is 15.4 Å². The molecule has 2 aromatic carbocycles. The van der Waals surface area contributed by atoms with E-state index < -0.39 is 28.9 Å². The van der Waals surface area contributed by atoms with Crippen molar-refractivity contribution >= 4 is 44.7 Å². The average Bonchev–Trinajstić information content (AvgIpc) is 3.74. The van der Waals surface area contributed by atoms with E-state index in [-0.39, 0.29) is 18.0 Å². The predicted molar refractivity (Wildman–Crippen MR) is 165 cm³/mol. The number of thiophene rings is 1. The molecule has 2 amide bonds. The molecule has 0 bridgehead atoms. The molecule has 1 saturated heterocycles. The van der Waals surface area contributed by atoms with Gasteiger partial charge in [-0.1, -0.05) is 11.8 Å². The van der Waals surface area contributed by atoms with E-state index in [9.17, 15) is 19.1 Å². The lowest BCUT2D eigenvalue weighted by molar-refractivity contribution is -0.131. The maximum Gasteiger partial charge on any atom is 0.240 e. The van der Waals surface area contributed by atoms with Crippen LogP contribution in [0.3, 0.4) is 0 Å². The first kappa shape index (κ1) is 29.7. The number of aromatic nitrogens is 1. The number of nitrogens with one attached hydrogen (secondary N) is 2. The third kappa shape index (κ3) is 6.58. The minimum Gasteiger partial charge on any atom is -0.453 e. The van der Waals surface area contributed by atoms with Crippen molar-refractivity contribution in [2.45, 2.75) is 25.7 Å². The van der Waals surface area contributed by atoms with Gasteiger partial charge in [0.2, 0.25) is 11.8 Å². The van der Waals surface area contributed by atoms with E-state index in [1.54, 1.807) is 12.3 Å². The van der Waals surface area contributed by atoms with Gasteiger partial charge in [-0.2, -0.15) is 0 Å². The molecule has 4 aromatic rings. The van der Waals surface area contributed by atoms with E-state index in [0.717, 1.165) is 41.6 Å². The number of ether oxygens (including phenoxy) is 1. The highest BCUT2D eigenvalue weighted by molar-refractivity contribution is 7.19. The van der Waals surface area contributed by atoms with Crippen molar-refractivity contribution in [3.8, 4) is 23.3 Å². The van der Waals surface area contributed by atoms with Crippen molar-refractivity contribution in [1.82, 2.24) is 9.88 Å². The van der Waals surface area contributed by atoms with Crippen LogP contribution in [0.5, 0.6) is 11.5 Å². The van der Waals surface area contributed by atoms with Gasteiger partial charge in [-0.3, -0.25) is 19.5 Å². The summed E-state index contributed by atoms with van der Waals surface area (Å²) >= 11 is 1.42. The van der Waals surface area contributed by atoms with Gasteiger partial charge in [-0.05, 0) is 87.2 Å². The molecule has 1 saturated carbocycles. The summed E-state index contributed by atoms with van der Waals surface area (Å²) in [4.78, 5) is 33.3. The van der Waals surface area contributed by atoms with Crippen LogP contribution in [0, 0.1) is 34.8 Å². The van der Waals surface area contributed by atoms with Gasteiger partial charge in [0.05, 0.1) is 21.6 Å². The second kappa shape index (κ2) is 12.7. The third-order valence-corrected chi connectivity index (χ3v) is 9.04. The van der Waals surface area contributed by atoms with Crippen molar-refractivity contribution in [2.24, 2.45) is 11.3 Å². The lowest BCUT2D eigenvalue weighted by Gasteiger charge is -2.29. The van der Waals surface area contributed by atoms with E-state index in [2.05, 4.69) is 32.4 Å². The predicted octanol–water partition coefficient (Wildman–Crippen LogP) is 5.78. The Morgan fingerprint density at radius 2 is 1.70 bits per heavy atom. The molecule has 0 spiro atoms. The number of hydrogen-bond donors (Lipinski definition) is 3. The monoisotopic (exact) mass is 616 g/mol. The molecule has 0 radical (unpaired) electrons. The zero-order chi connectivity index (χ0) is 30.7. The molecule has 2 aliphatic rings. The van der Waals surface area contributed by atoms with Crippen LogP contribution >= 0.6 is 11.3 Å². The lowest BCUT2D eigenvalue weighted by Crippen LogP contribution is -2.35. The van der Waals surface area contributed by atoms with Crippen LogP contribution in [-0.4, -0.2) is 53.0 Å². The lowest BCUT2D eigenvalue weighted by atomic mass is 9.98. The van der Waals surface area contributed by atoms with Crippen molar-refractivity contribution in [3.63, 3.8) is 0 Å². The van der Waals surface area contributed by atoms with Crippen LogP contribution in [0.25, 0.3) is 10.2 Å². The standard InChI is InChI=1S/C33H30F2N4O4S/c34-22-3-5-23(6-4-22)37-31(41)33(12-13-33)32(42)38-24-7-8-28(26(35)18-24)43-29-9-14-36-27-19-25(44-30(27)29)2-1-15-39-16-10-21(20-40)11-17-39/h3-9,14,18-19,21,40H,10-13,15-17,20H2,(H,37,41)(H,38,42). The van der Waals surface area contributed by atoms with Crippen molar-refractivity contribution < 1.29 is 28.2 Å². The number of hydrogen-bond acceptors (Lipinski definition) is 7. The summed E-state index contributed by atoms with van der Waals surface area (Å²) in [7, 11) is 0. The number of benzene rings is 2. The fraction of sp³-hybridized carbons (Fsp3) is 0.303. The second-order valence-electron chi connectivity index (χ2n) is 11.1. The number of nitrogens with zero attached hydrogens (tertiary/aromatic N) is 2. The van der Waals surface area contributed by atoms with Gasteiger partial charge in [0.15, 0.2) is 11.6 Å². The minimum atomic E-state index is -1.26. The molecule has 8 nitrogen and oxygen atoms in total. The van der Waals surface area contributed by atoms with Crippen molar-refractivity contribution in [1.29, 1.82) is 0 Å². The summed E-state index contributed by atoms with van der Waals surface area (Å²) in [6.07, 6.45) is 4.25. The Morgan fingerprint density at radius 3 is 2.39 bits per heavy atom. The number of aliphatic hydroxyl groups excluding tert-OH is 1. The molecule has 3 N–H and O–H groups in total. The van der Waals surface area contributed by atoms with E-state index in [1.807, 2.05) is 6.07 Å². The van der Waals surface area contributed by atoms with Gasteiger partial charge < -0.3 is 20.5 Å². The largest absolute Gasteiger partial charge is 0.453 e. The van der Waals surface area contributed by atoms with Crippen LogP contribution in [0.2, 0.25) is 0 Å². The van der Waals surface area contributed by atoms with E-state index in [4.69, 9.17) is 4.74 Å². The van der Waals surface area contributed by atoms with E-state index in [1.165, 1.54) is 47.7 Å². The molecule has 6 rings (SSSR count). The summed E-state index contributed by atoms with van der Waals surface area (Å²) in [6.45, 7) is 2.74. The highest BCUT2D eigenvalue weighted by Crippen LogP contribution is 2.47. The molecular formula is C33H30F2N4O4S. The number of anilines is 2. The first-order valence-corrected chi connectivity index (χ1v) is 15.2. The Morgan fingerprint density at radius 1 is 1.00 bits per heavy atom. The molecule has 2 aromatic heterocycles. The Hall–Kier alpha value is -4.37. The normalized spacial score (nSPS) is 16.2. The molecule has 0 unspecified atom stereocenters. The molecule has 11 heteroatoms. The number of halogens is 2. The Balaban J connectivity index is 1.09. The van der Waals surface area contributed by atoms with Crippen LogP contribution in [0.1, 0.15) is 30.6 Å². The molecule has 1 aliphatic carbocycles. The highest BCUT2D eigenvalue weighted by atomic mass is 32.1. The fourth-order valence-corrected chi connectivity index (χ4v) is 6.06. The number of pyridine rings is 1. The van der Waals surface area contributed by atoms with Gasteiger partial charge >= 0.3 is 0 Å². The third-order valence-electron chi connectivity index (χ3n) is 7.99. The topological polar surface area (TPSA) is 104 Å². The van der Waals surface area contributed by atoms with E-state index in [0.29, 0.717) is 42.3 Å². The maximum absolute atomic E-state index is 15.1. The number of amides is 2. The van der Waals surface area contributed by atoms with Crippen LogP contribution in [0.15, 0.2) is 60.8 Å². The SMILES string of the molecule is O=C(Nc1ccc(F)cc1)C1(C(=O)Nc2ccc(Oc3ccnc4cc(C#CCN5CCC(CO)CC5)sc34)c(F)c2)CC1. The Bertz CT molecular complexity index is 1750. The number of likely N-dealkylation sites (tertiary alicyclic amines) is 1. The zero-order valence-electron chi connectivity index (χ0n) is 23.7. The van der Waals surface area contributed by atoms with Gasteiger partial charge in [0.25, 0.3) is 0 Å². The van der Waals surface area contributed by atoms with Crippen LogP contribution in [-0.2, 0) is 9.59 Å². The Kier molecular flexibility index (Phi) is 8.57. The molecule has 226 valence electrons. The molecule has 0 atom stereocenters. The summed E-state index contributed by atoms with van der Waals surface area (Å²) in [5, 5.41) is 14.6. The zero-order valence-corrected chi connectivity index (χ0v) is 24.6. The highest BCUT2D eigenvalue weighted by Gasteiger charge is 2.56. The molecule has 44 heavy (non-hydrogen) atoms. The van der Waals surface area contributed by atoms with Gasteiger partial charge in [-0.15, -0.1) is 11.3 Å². The summed E-state index contributed by atoms with van der Waals surface area (Å²) < 4.78 is 35.0. The number of rotatable bonds is 8. The first-order valence-electron chi connectivity index (χ1n) is 14.4. The number of carbonyl (C=O) groups excluding carboxylic acids is 2. The smallest absolute Gasteiger partial charge is 0.240 e. The van der Waals surface area contributed by atoms with E-state index >= 15 is 4.39 Å². The maximum atomic E-state index is 15.1. The minimum absolute atomic E-state index is 0.0296. The number of fused-ring (bicyclic) bond motifs is 1. The first-order chi connectivity index (χ1) is 21.3. The van der Waals surface area contributed by atoms with Gasteiger partial charge in [0, 0.05) is 36.3 Å². The summed E-state index contributed by atoms with van der Waals surface area (Å²) in [5.41, 5.74) is 0.000635. The Labute approximate surface area is 257 Å². The van der Waals surface area contributed by atoms with Crippen molar-refractivity contribution in [3.05, 3.63) is 77.3 Å². The molecule has 3 heterocycles. The summed E-state index contributed by atoms with van der Waals surface area (Å²) in [5.74, 6) is 5.06. The summed E-state index contributed by atoms with van der Waals surface area (Å²) in [6, 6.07) is 12.9. The second-order valence-corrected chi connectivity index (χ2v) is 12.1.